The standard InChI is InChI=1S/C19H14ClNO2/c1-21-16(11-12-17(20)22)18(13-7-3-2-4-8-13)14-9-5-6-10-15(14)19(21)23/h2-12H,1H3. The van der Waals surface area contributed by atoms with E-state index in [1.54, 1.807) is 17.7 Å². The van der Waals surface area contributed by atoms with Gasteiger partial charge in [0.1, 0.15) is 0 Å². The molecule has 0 atom stereocenters. The smallest absolute Gasteiger partial charge is 0.258 e. The van der Waals surface area contributed by atoms with Gasteiger partial charge in [-0.15, -0.1) is 0 Å². The number of carbonyl (C=O) groups is 1. The molecule has 3 aromatic rings. The van der Waals surface area contributed by atoms with E-state index >= 15 is 0 Å². The molecule has 23 heavy (non-hydrogen) atoms. The molecule has 0 unspecified atom stereocenters. The van der Waals surface area contributed by atoms with E-state index in [9.17, 15) is 9.59 Å². The average molecular weight is 324 g/mol. The molecule has 1 aromatic heterocycles. The summed E-state index contributed by atoms with van der Waals surface area (Å²) in [5.41, 5.74) is 2.41. The molecule has 3 nitrogen and oxygen atoms in total. The molecule has 0 aliphatic carbocycles. The summed E-state index contributed by atoms with van der Waals surface area (Å²) in [6.45, 7) is 0. The van der Waals surface area contributed by atoms with Crippen LogP contribution >= 0.6 is 11.6 Å². The summed E-state index contributed by atoms with van der Waals surface area (Å²) >= 11 is 5.42. The van der Waals surface area contributed by atoms with Crippen LogP contribution in [0.15, 0.2) is 65.5 Å². The van der Waals surface area contributed by atoms with E-state index in [-0.39, 0.29) is 5.56 Å². The maximum Gasteiger partial charge on any atom is 0.258 e. The highest BCUT2D eigenvalue weighted by Crippen LogP contribution is 2.31. The highest BCUT2D eigenvalue weighted by molar-refractivity contribution is 6.66. The summed E-state index contributed by atoms with van der Waals surface area (Å²) in [6.07, 6.45) is 2.85. The summed E-state index contributed by atoms with van der Waals surface area (Å²) < 4.78 is 1.54. The van der Waals surface area contributed by atoms with Crippen LogP contribution in [0.3, 0.4) is 0 Å². The first-order valence-corrected chi connectivity index (χ1v) is 7.52. The second-order valence-electron chi connectivity index (χ2n) is 5.17. The second kappa shape index (κ2) is 6.23. The molecule has 2 aromatic carbocycles. The molecule has 0 radical (unpaired) electrons. The van der Waals surface area contributed by atoms with Gasteiger partial charge in [-0.25, -0.2) is 0 Å². The molecule has 1 heterocycles. The van der Waals surface area contributed by atoms with Crippen LogP contribution in [0, 0.1) is 0 Å². The third kappa shape index (κ3) is 2.83. The number of nitrogens with zero attached hydrogens (tertiary/aromatic N) is 1. The minimum Gasteiger partial charge on any atom is -0.311 e. The Morgan fingerprint density at radius 2 is 1.61 bits per heavy atom. The van der Waals surface area contributed by atoms with Crippen molar-refractivity contribution in [3.63, 3.8) is 0 Å². The maximum atomic E-state index is 12.6. The van der Waals surface area contributed by atoms with Crippen LogP contribution in [-0.4, -0.2) is 9.81 Å². The zero-order chi connectivity index (χ0) is 16.4. The number of halogens is 1. The number of benzene rings is 2. The molecule has 0 saturated carbocycles. The van der Waals surface area contributed by atoms with E-state index in [2.05, 4.69) is 0 Å². The van der Waals surface area contributed by atoms with Crippen LogP contribution in [0.5, 0.6) is 0 Å². The summed E-state index contributed by atoms with van der Waals surface area (Å²) in [4.78, 5) is 23.7. The zero-order valence-corrected chi connectivity index (χ0v) is 13.2. The van der Waals surface area contributed by atoms with E-state index < -0.39 is 5.24 Å². The van der Waals surface area contributed by atoms with Crippen LogP contribution in [0.2, 0.25) is 0 Å². The number of hydrogen-bond donors (Lipinski definition) is 0. The highest BCUT2D eigenvalue weighted by Gasteiger charge is 2.14. The van der Waals surface area contributed by atoms with E-state index in [1.807, 2.05) is 54.6 Å². The second-order valence-corrected chi connectivity index (χ2v) is 5.55. The quantitative estimate of drug-likeness (QED) is 0.540. The monoisotopic (exact) mass is 323 g/mol. The van der Waals surface area contributed by atoms with Crippen molar-refractivity contribution in [2.75, 3.05) is 0 Å². The lowest BCUT2D eigenvalue weighted by Gasteiger charge is -2.15. The van der Waals surface area contributed by atoms with E-state index in [0.717, 1.165) is 16.5 Å². The summed E-state index contributed by atoms with van der Waals surface area (Å²) in [7, 11) is 1.69. The van der Waals surface area contributed by atoms with Crippen molar-refractivity contribution in [3.05, 3.63) is 76.7 Å². The minimum atomic E-state index is -0.579. The predicted octanol–water partition coefficient (Wildman–Crippen LogP) is 3.98. The molecule has 0 bridgehead atoms. The van der Waals surface area contributed by atoms with Crippen LogP contribution in [-0.2, 0) is 11.8 Å². The Morgan fingerprint density at radius 1 is 1.00 bits per heavy atom. The fourth-order valence-corrected chi connectivity index (χ4v) is 2.79. The Balaban J connectivity index is 2.47. The molecular formula is C19H14ClNO2. The van der Waals surface area contributed by atoms with Crippen molar-refractivity contribution in [3.8, 4) is 11.1 Å². The summed E-state index contributed by atoms with van der Waals surface area (Å²) in [5, 5.41) is 0.913. The topological polar surface area (TPSA) is 39.1 Å². The number of rotatable bonds is 3. The number of carbonyl (C=O) groups excluding carboxylic acids is 1. The Morgan fingerprint density at radius 3 is 2.26 bits per heavy atom. The van der Waals surface area contributed by atoms with Gasteiger partial charge in [-0.2, -0.15) is 0 Å². The molecule has 0 fully saturated rings. The Labute approximate surface area is 138 Å². The molecule has 4 heteroatoms. The van der Waals surface area contributed by atoms with Gasteiger partial charge in [0.2, 0.25) is 5.24 Å². The van der Waals surface area contributed by atoms with Crippen LogP contribution in [0.25, 0.3) is 28.0 Å². The lowest BCUT2D eigenvalue weighted by molar-refractivity contribution is -0.107. The average Bonchev–Trinajstić information content (AvgIpc) is 2.57. The molecule has 0 N–H and O–H groups in total. The minimum absolute atomic E-state index is 0.109. The Hall–Kier alpha value is -2.65. The molecule has 0 amide bonds. The molecule has 3 rings (SSSR count). The predicted molar refractivity (Wildman–Crippen MR) is 94.5 cm³/mol. The first-order chi connectivity index (χ1) is 11.1. The lowest BCUT2D eigenvalue weighted by atomic mass is 9.96. The van der Waals surface area contributed by atoms with E-state index in [0.29, 0.717) is 11.1 Å². The highest BCUT2D eigenvalue weighted by atomic mass is 35.5. The largest absolute Gasteiger partial charge is 0.311 e. The number of aromatic nitrogens is 1. The van der Waals surface area contributed by atoms with Crippen LogP contribution in [0.4, 0.5) is 0 Å². The van der Waals surface area contributed by atoms with Gasteiger partial charge in [-0.1, -0.05) is 48.5 Å². The van der Waals surface area contributed by atoms with Crippen molar-refractivity contribution in [1.82, 2.24) is 4.57 Å². The fourth-order valence-electron chi connectivity index (χ4n) is 2.73. The van der Waals surface area contributed by atoms with Crippen molar-refractivity contribution in [2.45, 2.75) is 0 Å². The summed E-state index contributed by atoms with van der Waals surface area (Å²) in [5.74, 6) is 0. The van der Waals surface area contributed by atoms with Crippen LogP contribution < -0.4 is 5.56 Å². The van der Waals surface area contributed by atoms with Crippen molar-refractivity contribution in [1.29, 1.82) is 0 Å². The lowest BCUT2D eigenvalue weighted by Crippen LogP contribution is -2.20. The van der Waals surface area contributed by atoms with Gasteiger partial charge in [0.25, 0.3) is 5.56 Å². The van der Waals surface area contributed by atoms with Gasteiger partial charge in [-0.05, 0) is 40.8 Å². The van der Waals surface area contributed by atoms with E-state index in [1.165, 1.54) is 6.08 Å². The molecular weight excluding hydrogens is 310 g/mol. The Kier molecular flexibility index (Phi) is 4.13. The molecule has 0 aliphatic heterocycles. The van der Waals surface area contributed by atoms with Gasteiger partial charge < -0.3 is 4.57 Å². The van der Waals surface area contributed by atoms with Gasteiger partial charge in [-0.3, -0.25) is 9.59 Å². The first-order valence-electron chi connectivity index (χ1n) is 7.14. The van der Waals surface area contributed by atoms with Crippen LogP contribution in [0.1, 0.15) is 5.69 Å². The number of pyridine rings is 1. The molecule has 114 valence electrons. The number of fused-ring (bicyclic) bond motifs is 1. The molecule has 0 aliphatic rings. The zero-order valence-electron chi connectivity index (χ0n) is 12.5. The van der Waals surface area contributed by atoms with Crippen molar-refractivity contribution >= 4 is 33.7 Å². The normalized spacial score (nSPS) is 11.2. The van der Waals surface area contributed by atoms with Gasteiger partial charge in [0.05, 0.1) is 5.69 Å². The first kappa shape index (κ1) is 15.3. The summed E-state index contributed by atoms with van der Waals surface area (Å²) in [6, 6.07) is 17.2. The van der Waals surface area contributed by atoms with E-state index in [4.69, 9.17) is 11.6 Å². The van der Waals surface area contributed by atoms with Gasteiger partial charge >= 0.3 is 0 Å². The third-order valence-corrected chi connectivity index (χ3v) is 3.91. The molecule has 0 spiro atoms. The van der Waals surface area contributed by atoms with Gasteiger partial charge in [0.15, 0.2) is 0 Å². The fraction of sp³-hybridized carbons (Fsp3) is 0.0526. The molecule has 0 saturated heterocycles. The number of hydrogen-bond acceptors (Lipinski definition) is 2. The SMILES string of the molecule is Cn1c(C=CC(=O)Cl)c(-c2ccccc2)c2ccccc2c1=O. The number of allylic oxidation sites excluding steroid dienone is 1. The van der Waals surface area contributed by atoms with Crippen molar-refractivity contribution < 1.29 is 4.79 Å². The van der Waals surface area contributed by atoms with Crippen molar-refractivity contribution in [2.24, 2.45) is 7.05 Å². The van der Waals surface area contributed by atoms with Gasteiger partial charge in [0, 0.05) is 18.0 Å². The Bertz CT molecular complexity index is 972. The maximum absolute atomic E-state index is 12.6. The third-order valence-electron chi connectivity index (χ3n) is 3.78.